The van der Waals surface area contributed by atoms with Crippen molar-refractivity contribution in [2.24, 2.45) is 0 Å². The number of thioether (sulfide) groups is 1. The van der Waals surface area contributed by atoms with E-state index in [1.807, 2.05) is 0 Å². The molecule has 2 atom stereocenters. The molecule has 1 aliphatic heterocycles. The number of carboxylic acid groups (broad SMARTS) is 1. The average Bonchev–Trinajstić information content (AvgIpc) is 2.84. The van der Waals surface area contributed by atoms with Crippen molar-refractivity contribution in [3.05, 3.63) is 17.5 Å². The van der Waals surface area contributed by atoms with Gasteiger partial charge in [0.15, 0.2) is 0 Å². The van der Waals surface area contributed by atoms with E-state index in [9.17, 15) is 13.2 Å². The van der Waals surface area contributed by atoms with Crippen LogP contribution in [0.1, 0.15) is 6.92 Å². The zero-order chi connectivity index (χ0) is 12.6. The predicted octanol–water partition coefficient (Wildman–Crippen LogP) is 1.28. The summed E-state index contributed by atoms with van der Waals surface area (Å²) in [7, 11) is -3.69. The molecule has 0 radical (unpaired) electrons. The van der Waals surface area contributed by atoms with Crippen LogP contribution in [-0.2, 0) is 14.8 Å². The normalized spacial score (nSPS) is 26.2. The molecule has 17 heavy (non-hydrogen) atoms. The largest absolute Gasteiger partial charge is 0.480 e. The van der Waals surface area contributed by atoms with E-state index in [0.717, 1.165) is 15.6 Å². The third-order valence-electron chi connectivity index (χ3n) is 2.47. The van der Waals surface area contributed by atoms with E-state index >= 15 is 0 Å². The first-order chi connectivity index (χ1) is 7.94. The summed E-state index contributed by atoms with van der Waals surface area (Å²) in [6, 6.07) is 2.16. The summed E-state index contributed by atoms with van der Waals surface area (Å²) >= 11 is 2.44. The van der Waals surface area contributed by atoms with E-state index < -0.39 is 22.0 Å². The number of sulfonamides is 1. The number of hydrogen-bond donors (Lipinski definition) is 1. The SMILES string of the molecule is CC1SCC(C(=O)O)N1S(=O)(=O)c1cccs1. The molecule has 0 amide bonds. The van der Waals surface area contributed by atoms with Crippen molar-refractivity contribution in [3.63, 3.8) is 0 Å². The second-order valence-corrected chi connectivity index (χ2v) is 7.92. The predicted molar refractivity (Wildman–Crippen MR) is 66.7 cm³/mol. The maximum Gasteiger partial charge on any atom is 0.322 e. The van der Waals surface area contributed by atoms with Gasteiger partial charge in [0.05, 0.1) is 5.37 Å². The zero-order valence-corrected chi connectivity index (χ0v) is 11.4. The van der Waals surface area contributed by atoms with Crippen LogP contribution >= 0.6 is 23.1 Å². The smallest absolute Gasteiger partial charge is 0.322 e. The summed E-state index contributed by atoms with van der Waals surface area (Å²) in [5.41, 5.74) is 0. The van der Waals surface area contributed by atoms with Gasteiger partial charge in [-0.25, -0.2) is 8.42 Å². The van der Waals surface area contributed by atoms with Crippen molar-refractivity contribution < 1.29 is 18.3 Å². The van der Waals surface area contributed by atoms with E-state index in [1.165, 1.54) is 17.8 Å². The van der Waals surface area contributed by atoms with Gasteiger partial charge in [-0.3, -0.25) is 4.79 Å². The minimum atomic E-state index is -3.69. The summed E-state index contributed by atoms with van der Waals surface area (Å²) in [6.07, 6.45) is 0. The highest BCUT2D eigenvalue weighted by Gasteiger charge is 2.44. The molecule has 1 aromatic heterocycles. The van der Waals surface area contributed by atoms with Crippen LogP contribution < -0.4 is 0 Å². The van der Waals surface area contributed by atoms with Crippen LogP contribution in [0.15, 0.2) is 21.7 Å². The molecule has 0 aliphatic carbocycles. The van der Waals surface area contributed by atoms with Gasteiger partial charge >= 0.3 is 5.97 Å². The lowest BCUT2D eigenvalue weighted by molar-refractivity contribution is -0.140. The zero-order valence-electron chi connectivity index (χ0n) is 8.94. The monoisotopic (exact) mass is 293 g/mol. The second kappa shape index (κ2) is 4.60. The number of rotatable bonds is 3. The number of thiophene rings is 1. The maximum atomic E-state index is 12.3. The highest BCUT2D eigenvalue weighted by molar-refractivity contribution is 8.01. The fourth-order valence-corrected chi connectivity index (χ4v) is 6.07. The Morgan fingerprint density at radius 3 is 2.82 bits per heavy atom. The lowest BCUT2D eigenvalue weighted by atomic mass is 10.3. The van der Waals surface area contributed by atoms with Crippen molar-refractivity contribution in [2.45, 2.75) is 22.5 Å². The van der Waals surface area contributed by atoms with Gasteiger partial charge in [-0.05, 0) is 18.4 Å². The Hall–Kier alpha value is -0.570. The molecule has 8 heteroatoms. The fraction of sp³-hybridized carbons (Fsp3) is 0.444. The van der Waals surface area contributed by atoms with Crippen LogP contribution in [-0.4, -0.2) is 41.0 Å². The van der Waals surface area contributed by atoms with Gasteiger partial charge < -0.3 is 5.11 Å². The number of carbonyl (C=O) groups is 1. The van der Waals surface area contributed by atoms with Crippen LogP contribution in [0.3, 0.4) is 0 Å². The molecule has 1 fully saturated rings. The Labute approximate surface area is 107 Å². The van der Waals surface area contributed by atoms with E-state index in [-0.39, 0.29) is 9.58 Å². The number of hydrogen-bond acceptors (Lipinski definition) is 5. The van der Waals surface area contributed by atoms with Gasteiger partial charge in [0, 0.05) is 5.75 Å². The minimum Gasteiger partial charge on any atom is -0.480 e. The Morgan fingerprint density at radius 2 is 2.29 bits per heavy atom. The third-order valence-corrected chi connectivity index (χ3v) is 7.18. The molecule has 5 nitrogen and oxygen atoms in total. The molecule has 0 spiro atoms. The van der Waals surface area contributed by atoms with Crippen LogP contribution in [0.5, 0.6) is 0 Å². The van der Waals surface area contributed by atoms with Gasteiger partial charge in [-0.1, -0.05) is 6.07 Å². The molecule has 2 heterocycles. The summed E-state index contributed by atoms with van der Waals surface area (Å²) in [5.74, 6) is -0.803. The van der Waals surface area contributed by atoms with E-state index in [1.54, 1.807) is 18.4 Å². The van der Waals surface area contributed by atoms with Crippen molar-refractivity contribution in [1.82, 2.24) is 4.31 Å². The molecule has 2 unspecified atom stereocenters. The lowest BCUT2D eigenvalue weighted by Gasteiger charge is -2.23. The molecule has 1 N–H and O–H groups in total. The van der Waals surface area contributed by atoms with E-state index in [0.29, 0.717) is 5.75 Å². The van der Waals surface area contributed by atoms with Crippen molar-refractivity contribution in [2.75, 3.05) is 5.75 Å². The van der Waals surface area contributed by atoms with Gasteiger partial charge in [-0.2, -0.15) is 4.31 Å². The number of carboxylic acids is 1. The number of nitrogens with zero attached hydrogens (tertiary/aromatic N) is 1. The molecule has 2 rings (SSSR count). The molecule has 1 saturated heterocycles. The van der Waals surface area contributed by atoms with E-state index in [4.69, 9.17) is 5.11 Å². The summed E-state index contributed by atoms with van der Waals surface area (Å²) < 4.78 is 25.8. The average molecular weight is 293 g/mol. The first-order valence-corrected chi connectivity index (χ1v) is 8.23. The van der Waals surface area contributed by atoms with Crippen molar-refractivity contribution >= 4 is 39.1 Å². The Bertz CT molecular complexity index is 510. The van der Waals surface area contributed by atoms with Crippen LogP contribution in [0.25, 0.3) is 0 Å². The number of aliphatic carboxylic acids is 1. The molecule has 1 aliphatic rings. The van der Waals surface area contributed by atoms with Gasteiger partial charge in [-0.15, -0.1) is 23.1 Å². The Morgan fingerprint density at radius 1 is 1.59 bits per heavy atom. The lowest BCUT2D eigenvalue weighted by Crippen LogP contribution is -2.44. The van der Waals surface area contributed by atoms with E-state index in [2.05, 4.69) is 0 Å². The minimum absolute atomic E-state index is 0.193. The maximum absolute atomic E-state index is 12.3. The highest BCUT2D eigenvalue weighted by Crippen LogP contribution is 2.35. The standard InChI is InChI=1S/C9H11NO4S3/c1-6-10(7(5-16-6)9(11)12)17(13,14)8-3-2-4-15-8/h2-4,6-7H,5H2,1H3,(H,11,12). The highest BCUT2D eigenvalue weighted by atomic mass is 32.2. The molecule has 94 valence electrons. The summed E-state index contributed by atoms with van der Waals surface area (Å²) in [5, 5.41) is 10.4. The van der Waals surface area contributed by atoms with Gasteiger partial charge in [0.25, 0.3) is 10.0 Å². The van der Waals surface area contributed by atoms with Crippen molar-refractivity contribution in [1.29, 1.82) is 0 Å². The second-order valence-electron chi connectivity index (χ2n) is 3.55. The molecule has 0 aromatic carbocycles. The Kier molecular flexibility index (Phi) is 3.48. The Balaban J connectivity index is 2.41. The van der Waals surface area contributed by atoms with Crippen LogP contribution in [0.4, 0.5) is 0 Å². The van der Waals surface area contributed by atoms with Gasteiger partial charge in [0.2, 0.25) is 0 Å². The first kappa shape index (κ1) is 12.9. The topological polar surface area (TPSA) is 74.7 Å². The molecule has 0 saturated carbocycles. The first-order valence-electron chi connectivity index (χ1n) is 4.86. The molecular weight excluding hydrogens is 282 g/mol. The van der Waals surface area contributed by atoms with Crippen LogP contribution in [0, 0.1) is 0 Å². The molecular formula is C9H11NO4S3. The third kappa shape index (κ3) is 2.22. The van der Waals surface area contributed by atoms with Gasteiger partial charge in [0.1, 0.15) is 10.3 Å². The van der Waals surface area contributed by atoms with Crippen LogP contribution in [0.2, 0.25) is 0 Å². The summed E-state index contributed by atoms with van der Waals surface area (Å²) in [4.78, 5) is 11.1. The fourth-order valence-electron chi connectivity index (χ4n) is 1.69. The molecule has 0 bridgehead atoms. The summed E-state index contributed by atoms with van der Waals surface area (Å²) in [6.45, 7) is 1.71. The molecule has 1 aromatic rings. The quantitative estimate of drug-likeness (QED) is 0.909. The van der Waals surface area contributed by atoms with Crippen molar-refractivity contribution in [3.8, 4) is 0 Å².